The Morgan fingerprint density at radius 2 is 1.64 bits per heavy atom. The third kappa shape index (κ3) is 4.82. The Labute approximate surface area is 142 Å². The predicted octanol–water partition coefficient (Wildman–Crippen LogP) is 3.74. The summed E-state index contributed by atoms with van der Waals surface area (Å²) in [6, 6.07) is 12.2. The number of rotatable bonds is 5. The third-order valence-electron chi connectivity index (χ3n) is 3.58. The van der Waals surface area contributed by atoms with Crippen LogP contribution in [0.2, 0.25) is 0 Å². The van der Waals surface area contributed by atoms with Gasteiger partial charge in [-0.3, -0.25) is 9.59 Å². The van der Waals surface area contributed by atoms with E-state index in [1.807, 2.05) is 0 Å². The van der Waals surface area contributed by atoms with Crippen LogP contribution in [0.3, 0.4) is 0 Å². The van der Waals surface area contributed by atoms with Gasteiger partial charge in [0.2, 0.25) is 0 Å². The van der Waals surface area contributed by atoms with Crippen LogP contribution in [-0.2, 0) is 15.7 Å². The second kappa shape index (κ2) is 7.83. The van der Waals surface area contributed by atoms with E-state index in [9.17, 15) is 22.8 Å². The SMILES string of the molecule is COC(=O)C[C@H](NC(=O)c1ccccc1C(F)(F)F)c1ccccc1. The number of carbonyl (C=O) groups is 2. The summed E-state index contributed by atoms with van der Waals surface area (Å²) in [5.74, 6) is -1.50. The van der Waals surface area contributed by atoms with Gasteiger partial charge in [0, 0.05) is 0 Å². The standard InChI is InChI=1S/C18H16F3NO3/c1-25-16(23)11-15(12-7-3-2-4-8-12)22-17(24)13-9-5-6-10-14(13)18(19,20)21/h2-10,15H,11H2,1H3,(H,22,24)/t15-/m0/s1. The summed E-state index contributed by atoms with van der Waals surface area (Å²) < 4.78 is 43.8. The van der Waals surface area contributed by atoms with Crippen LogP contribution in [-0.4, -0.2) is 19.0 Å². The molecule has 0 saturated carbocycles. The van der Waals surface area contributed by atoms with Crippen molar-refractivity contribution in [3.05, 3.63) is 71.3 Å². The number of alkyl halides is 3. The smallest absolute Gasteiger partial charge is 0.417 e. The maximum atomic E-state index is 13.1. The van der Waals surface area contributed by atoms with Crippen molar-refractivity contribution in [2.45, 2.75) is 18.6 Å². The molecule has 0 unspecified atom stereocenters. The molecule has 0 heterocycles. The lowest BCUT2D eigenvalue weighted by molar-refractivity contribution is -0.141. The summed E-state index contributed by atoms with van der Waals surface area (Å²) in [5, 5.41) is 2.49. The number of esters is 1. The van der Waals surface area contributed by atoms with Crippen molar-refractivity contribution >= 4 is 11.9 Å². The lowest BCUT2D eigenvalue weighted by Crippen LogP contribution is -2.32. The van der Waals surface area contributed by atoms with E-state index in [-0.39, 0.29) is 6.42 Å². The lowest BCUT2D eigenvalue weighted by Gasteiger charge is -2.20. The van der Waals surface area contributed by atoms with Crippen molar-refractivity contribution in [2.24, 2.45) is 0 Å². The fourth-order valence-corrected chi connectivity index (χ4v) is 2.35. The molecule has 0 aliphatic heterocycles. The van der Waals surface area contributed by atoms with Crippen molar-refractivity contribution in [3.63, 3.8) is 0 Å². The zero-order valence-electron chi connectivity index (χ0n) is 13.3. The minimum atomic E-state index is -4.65. The van der Waals surface area contributed by atoms with E-state index in [0.717, 1.165) is 12.1 Å². The van der Waals surface area contributed by atoms with Crippen molar-refractivity contribution < 1.29 is 27.5 Å². The molecule has 0 bridgehead atoms. The molecule has 1 amide bonds. The largest absolute Gasteiger partial charge is 0.469 e. The molecule has 0 aliphatic rings. The molecule has 132 valence electrons. The van der Waals surface area contributed by atoms with E-state index in [1.54, 1.807) is 30.3 Å². The van der Waals surface area contributed by atoms with Gasteiger partial charge in [0.15, 0.2) is 0 Å². The van der Waals surface area contributed by atoms with Gasteiger partial charge in [-0.25, -0.2) is 0 Å². The zero-order valence-corrected chi connectivity index (χ0v) is 13.3. The highest BCUT2D eigenvalue weighted by molar-refractivity contribution is 5.96. The van der Waals surface area contributed by atoms with Gasteiger partial charge in [-0.15, -0.1) is 0 Å². The number of halogens is 3. The van der Waals surface area contributed by atoms with E-state index in [0.29, 0.717) is 5.56 Å². The molecule has 0 aromatic heterocycles. The van der Waals surface area contributed by atoms with Crippen LogP contribution in [0, 0.1) is 0 Å². The second-order valence-electron chi connectivity index (χ2n) is 5.26. The molecule has 0 saturated heterocycles. The Morgan fingerprint density at radius 3 is 2.24 bits per heavy atom. The number of hydrogen-bond donors (Lipinski definition) is 1. The zero-order chi connectivity index (χ0) is 18.4. The quantitative estimate of drug-likeness (QED) is 0.835. The molecule has 0 aliphatic carbocycles. The lowest BCUT2D eigenvalue weighted by atomic mass is 10.0. The third-order valence-corrected chi connectivity index (χ3v) is 3.58. The monoisotopic (exact) mass is 351 g/mol. The number of benzene rings is 2. The topological polar surface area (TPSA) is 55.4 Å². The molecule has 0 radical (unpaired) electrons. The number of carbonyl (C=O) groups excluding carboxylic acids is 2. The predicted molar refractivity (Wildman–Crippen MR) is 84.7 cm³/mol. The van der Waals surface area contributed by atoms with Gasteiger partial charge in [-0.05, 0) is 17.7 Å². The average Bonchev–Trinajstić information content (AvgIpc) is 2.61. The van der Waals surface area contributed by atoms with E-state index >= 15 is 0 Å². The Bertz CT molecular complexity index is 745. The van der Waals surface area contributed by atoms with E-state index < -0.39 is 35.2 Å². The van der Waals surface area contributed by atoms with E-state index in [2.05, 4.69) is 10.1 Å². The highest BCUT2D eigenvalue weighted by Crippen LogP contribution is 2.32. The van der Waals surface area contributed by atoms with Crippen LogP contribution in [0.4, 0.5) is 13.2 Å². The van der Waals surface area contributed by atoms with Crippen molar-refractivity contribution in [1.82, 2.24) is 5.32 Å². The minimum absolute atomic E-state index is 0.194. The Kier molecular flexibility index (Phi) is 5.80. The second-order valence-corrected chi connectivity index (χ2v) is 5.26. The summed E-state index contributed by atoms with van der Waals surface area (Å²) in [5.41, 5.74) is -0.941. The maximum Gasteiger partial charge on any atom is 0.417 e. The molecule has 2 aromatic rings. The molecule has 25 heavy (non-hydrogen) atoms. The van der Waals surface area contributed by atoms with Crippen LogP contribution in [0.25, 0.3) is 0 Å². The van der Waals surface area contributed by atoms with Crippen molar-refractivity contribution in [3.8, 4) is 0 Å². The summed E-state index contributed by atoms with van der Waals surface area (Å²) in [4.78, 5) is 24.0. The molecule has 0 fully saturated rings. The maximum absolute atomic E-state index is 13.1. The van der Waals surface area contributed by atoms with Gasteiger partial charge in [-0.1, -0.05) is 42.5 Å². The molecule has 2 rings (SSSR count). The fraction of sp³-hybridized carbons (Fsp3) is 0.222. The van der Waals surface area contributed by atoms with Gasteiger partial charge in [0.25, 0.3) is 5.91 Å². The molecule has 1 atom stereocenters. The first-order chi connectivity index (χ1) is 11.8. The van der Waals surface area contributed by atoms with Crippen LogP contribution in [0.1, 0.15) is 33.9 Å². The molecular formula is C18H16F3NO3. The first kappa shape index (κ1) is 18.5. The number of methoxy groups -OCH3 is 1. The number of ether oxygens (including phenoxy) is 1. The van der Waals surface area contributed by atoms with Crippen molar-refractivity contribution in [1.29, 1.82) is 0 Å². The molecule has 1 N–H and O–H groups in total. The number of hydrogen-bond acceptors (Lipinski definition) is 3. The highest BCUT2D eigenvalue weighted by atomic mass is 19.4. The summed E-state index contributed by atoms with van der Waals surface area (Å²) in [7, 11) is 1.20. The molecule has 0 spiro atoms. The number of nitrogens with one attached hydrogen (secondary N) is 1. The first-order valence-electron chi connectivity index (χ1n) is 7.41. The van der Waals surface area contributed by atoms with E-state index in [4.69, 9.17) is 0 Å². The first-order valence-corrected chi connectivity index (χ1v) is 7.41. The van der Waals surface area contributed by atoms with Gasteiger partial charge >= 0.3 is 12.1 Å². The molecule has 2 aromatic carbocycles. The minimum Gasteiger partial charge on any atom is -0.469 e. The van der Waals surface area contributed by atoms with Gasteiger partial charge in [0.1, 0.15) is 0 Å². The van der Waals surface area contributed by atoms with Crippen LogP contribution < -0.4 is 5.32 Å². The fourth-order valence-electron chi connectivity index (χ4n) is 2.35. The molecular weight excluding hydrogens is 335 g/mol. The Morgan fingerprint density at radius 1 is 1.04 bits per heavy atom. The Balaban J connectivity index is 2.30. The average molecular weight is 351 g/mol. The van der Waals surface area contributed by atoms with Gasteiger partial charge in [0.05, 0.1) is 30.7 Å². The van der Waals surface area contributed by atoms with Crippen LogP contribution in [0.15, 0.2) is 54.6 Å². The highest BCUT2D eigenvalue weighted by Gasteiger charge is 2.35. The Hall–Kier alpha value is -2.83. The van der Waals surface area contributed by atoms with Gasteiger partial charge < -0.3 is 10.1 Å². The van der Waals surface area contributed by atoms with Crippen molar-refractivity contribution in [2.75, 3.05) is 7.11 Å². The van der Waals surface area contributed by atoms with Crippen LogP contribution in [0.5, 0.6) is 0 Å². The van der Waals surface area contributed by atoms with Gasteiger partial charge in [-0.2, -0.15) is 13.2 Å². The number of amides is 1. The molecule has 7 heteroatoms. The van der Waals surface area contributed by atoms with Crippen LogP contribution >= 0.6 is 0 Å². The molecule has 4 nitrogen and oxygen atoms in total. The summed E-state index contributed by atoms with van der Waals surface area (Å²) in [6.45, 7) is 0. The summed E-state index contributed by atoms with van der Waals surface area (Å²) in [6.07, 6.45) is -4.85. The van der Waals surface area contributed by atoms with E-state index in [1.165, 1.54) is 19.2 Å². The normalized spacial score (nSPS) is 12.3. The summed E-state index contributed by atoms with van der Waals surface area (Å²) >= 11 is 0.